The van der Waals surface area contributed by atoms with Crippen LogP contribution in [0.3, 0.4) is 0 Å². The van der Waals surface area contributed by atoms with Crippen LogP contribution >= 0.6 is 0 Å². The van der Waals surface area contributed by atoms with E-state index in [2.05, 4.69) is 25.9 Å². The molecule has 0 unspecified atom stereocenters. The van der Waals surface area contributed by atoms with Crippen molar-refractivity contribution < 1.29 is 9.53 Å². The second-order valence-electron chi connectivity index (χ2n) is 8.92. The van der Waals surface area contributed by atoms with E-state index in [1.54, 1.807) is 11.8 Å². The van der Waals surface area contributed by atoms with Crippen LogP contribution in [0.5, 0.6) is 5.75 Å². The van der Waals surface area contributed by atoms with Gasteiger partial charge in [0.1, 0.15) is 5.75 Å². The molecular weight excluding hydrogens is 440 g/mol. The fraction of sp³-hybridized carbons (Fsp3) is 0.259. The molecule has 8 heteroatoms. The molecule has 1 aliphatic rings. The zero-order valence-electron chi connectivity index (χ0n) is 20.3. The molecule has 2 N–H and O–H groups in total. The largest absolute Gasteiger partial charge is 0.496 e. The average molecular weight is 469 g/mol. The molecule has 2 aromatic heterocycles. The number of methoxy groups -OCH3 is 1. The maximum Gasteiger partial charge on any atom is 0.235 e. The zero-order chi connectivity index (χ0) is 24.6. The highest BCUT2D eigenvalue weighted by Crippen LogP contribution is 2.52. The van der Waals surface area contributed by atoms with Crippen LogP contribution in [0, 0.1) is 20.8 Å². The first-order chi connectivity index (χ1) is 16.9. The number of aromatic nitrogens is 4. The SMILES string of the molecule is COc1ccccc1C1(C(=O)Nc2ccc(Nc3ccc(-n4nc(C)c(C)c4C)nn3)cc2)CC1. The van der Waals surface area contributed by atoms with Crippen molar-refractivity contribution in [1.82, 2.24) is 20.0 Å². The fourth-order valence-corrected chi connectivity index (χ4v) is 4.27. The van der Waals surface area contributed by atoms with Gasteiger partial charge in [-0.15, -0.1) is 10.2 Å². The van der Waals surface area contributed by atoms with Crippen molar-refractivity contribution in [3.63, 3.8) is 0 Å². The van der Waals surface area contributed by atoms with E-state index >= 15 is 0 Å². The summed E-state index contributed by atoms with van der Waals surface area (Å²) in [5.41, 5.74) is 5.18. The van der Waals surface area contributed by atoms with Crippen LogP contribution < -0.4 is 15.4 Å². The number of nitrogens with zero attached hydrogens (tertiary/aromatic N) is 4. The highest BCUT2D eigenvalue weighted by molar-refractivity contribution is 6.02. The number of amides is 1. The van der Waals surface area contributed by atoms with E-state index in [0.29, 0.717) is 11.6 Å². The van der Waals surface area contributed by atoms with E-state index in [4.69, 9.17) is 4.74 Å². The smallest absolute Gasteiger partial charge is 0.235 e. The van der Waals surface area contributed by atoms with Crippen molar-refractivity contribution in [2.24, 2.45) is 0 Å². The van der Waals surface area contributed by atoms with Gasteiger partial charge >= 0.3 is 0 Å². The summed E-state index contributed by atoms with van der Waals surface area (Å²) in [5, 5.41) is 19.4. The summed E-state index contributed by atoms with van der Waals surface area (Å²) in [5.74, 6) is 2.03. The summed E-state index contributed by atoms with van der Waals surface area (Å²) in [6.45, 7) is 6.05. The Labute approximate surface area is 204 Å². The van der Waals surface area contributed by atoms with Crippen LogP contribution in [-0.4, -0.2) is 33.0 Å². The first-order valence-corrected chi connectivity index (χ1v) is 11.6. The van der Waals surface area contributed by atoms with Gasteiger partial charge in [0.25, 0.3) is 0 Å². The zero-order valence-corrected chi connectivity index (χ0v) is 20.3. The van der Waals surface area contributed by atoms with Gasteiger partial charge in [-0.05, 0) is 81.6 Å². The molecule has 178 valence electrons. The molecule has 8 nitrogen and oxygen atoms in total. The Morgan fingerprint density at radius 1 is 0.943 bits per heavy atom. The number of rotatable bonds is 7. The molecule has 0 radical (unpaired) electrons. The summed E-state index contributed by atoms with van der Waals surface area (Å²) >= 11 is 0. The normalized spacial score (nSPS) is 13.8. The van der Waals surface area contributed by atoms with Crippen molar-refractivity contribution in [2.45, 2.75) is 39.0 Å². The van der Waals surface area contributed by atoms with Crippen LogP contribution in [0.1, 0.15) is 35.4 Å². The molecule has 0 saturated heterocycles. The lowest BCUT2D eigenvalue weighted by molar-refractivity contribution is -0.118. The minimum atomic E-state index is -0.523. The van der Waals surface area contributed by atoms with Gasteiger partial charge in [-0.25, -0.2) is 4.68 Å². The number of carbonyl (C=O) groups is 1. The standard InChI is InChI=1S/C27H28N6O2/c1-17-18(2)32-33(19(17)3)25-14-13-24(30-31-25)28-20-9-11-21(12-10-20)29-26(34)27(15-16-27)22-7-5-6-8-23(22)35-4/h5-14H,15-16H2,1-4H3,(H,28,30)(H,29,34). The van der Waals surface area contributed by atoms with E-state index in [1.165, 1.54) is 0 Å². The Balaban J connectivity index is 1.25. The molecule has 35 heavy (non-hydrogen) atoms. The maximum atomic E-state index is 13.1. The molecular formula is C27H28N6O2. The van der Waals surface area contributed by atoms with E-state index in [-0.39, 0.29) is 5.91 Å². The third-order valence-corrected chi connectivity index (χ3v) is 6.74. The van der Waals surface area contributed by atoms with Gasteiger partial charge in [-0.1, -0.05) is 18.2 Å². The van der Waals surface area contributed by atoms with E-state index in [1.807, 2.05) is 81.4 Å². The third kappa shape index (κ3) is 4.23. The quantitative estimate of drug-likeness (QED) is 0.396. The van der Waals surface area contributed by atoms with E-state index in [9.17, 15) is 4.79 Å². The van der Waals surface area contributed by atoms with Crippen molar-refractivity contribution in [2.75, 3.05) is 17.7 Å². The maximum absolute atomic E-state index is 13.1. The first-order valence-electron chi connectivity index (χ1n) is 11.6. The molecule has 4 aromatic rings. The van der Waals surface area contributed by atoms with Crippen LogP contribution in [0.15, 0.2) is 60.7 Å². The van der Waals surface area contributed by atoms with Crippen LogP contribution in [0.2, 0.25) is 0 Å². The molecule has 1 aliphatic carbocycles. The van der Waals surface area contributed by atoms with Gasteiger partial charge in [0.2, 0.25) is 5.91 Å². The van der Waals surface area contributed by atoms with Crippen LogP contribution in [-0.2, 0) is 10.2 Å². The Morgan fingerprint density at radius 3 is 2.26 bits per heavy atom. The summed E-state index contributed by atoms with van der Waals surface area (Å²) in [4.78, 5) is 13.1. The topological polar surface area (TPSA) is 94.0 Å². The molecule has 0 aliphatic heterocycles. The number of aryl methyl sites for hydroxylation is 1. The lowest BCUT2D eigenvalue weighted by atomic mass is 9.94. The molecule has 1 fully saturated rings. The monoisotopic (exact) mass is 468 g/mol. The number of nitrogens with one attached hydrogen (secondary N) is 2. The van der Waals surface area contributed by atoms with Gasteiger partial charge in [-0.2, -0.15) is 5.10 Å². The second-order valence-corrected chi connectivity index (χ2v) is 8.92. The molecule has 1 amide bonds. The van der Waals surface area contributed by atoms with Gasteiger partial charge in [0, 0.05) is 22.6 Å². The summed E-state index contributed by atoms with van der Waals surface area (Å²) in [6, 6.07) is 19.0. The summed E-state index contributed by atoms with van der Waals surface area (Å²) in [7, 11) is 1.64. The Kier molecular flexibility index (Phi) is 5.72. The number of benzene rings is 2. The fourth-order valence-electron chi connectivity index (χ4n) is 4.27. The van der Waals surface area contributed by atoms with E-state index < -0.39 is 5.41 Å². The van der Waals surface area contributed by atoms with Gasteiger partial charge in [-0.3, -0.25) is 4.79 Å². The molecule has 1 saturated carbocycles. The van der Waals surface area contributed by atoms with Crippen molar-refractivity contribution in [1.29, 1.82) is 0 Å². The predicted octanol–water partition coefficient (Wildman–Crippen LogP) is 5.01. The molecule has 5 rings (SSSR count). The number of ether oxygens (including phenoxy) is 1. The number of hydrogen-bond donors (Lipinski definition) is 2. The first kappa shape index (κ1) is 22.6. The molecule has 0 spiro atoms. The minimum Gasteiger partial charge on any atom is -0.496 e. The van der Waals surface area contributed by atoms with Gasteiger partial charge in [0.15, 0.2) is 11.6 Å². The van der Waals surface area contributed by atoms with Crippen molar-refractivity contribution >= 4 is 23.1 Å². The Morgan fingerprint density at radius 2 is 1.66 bits per heavy atom. The highest BCUT2D eigenvalue weighted by atomic mass is 16.5. The third-order valence-electron chi connectivity index (χ3n) is 6.74. The lowest BCUT2D eigenvalue weighted by Gasteiger charge is -2.18. The molecule has 0 bridgehead atoms. The summed E-state index contributed by atoms with van der Waals surface area (Å²) in [6.07, 6.45) is 1.62. The lowest BCUT2D eigenvalue weighted by Crippen LogP contribution is -2.28. The number of hydrogen-bond acceptors (Lipinski definition) is 6. The van der Waals surface area contributed by atoms with Crippen LogP contribution in [0.25, 0.3) is 5.82 Å². The van der Waals surface area contributed by atoms with E-state index in [0.717, 1.165) is 52.5 Å². The van der Waals surface area contributed by atoms with Gasteiger partial charge < -0.3 is 15.4 Å². The van der Waals surface area contributed by atoms with Gasteiger partial charge in [0.05, 0.1) is 18.2 Å². The predicted molar refractivity (Wildman–Crippen MR) is 136 cm³/mol. The van der Waals surface area contributed by atoms with Crippen molar-refractivity contribution in [3.8, 4) is 11.6 Å². The minimum absolute atomic E-state index is 0.0106. The molecule has 0 atom stereocenters. The Bertz CT molecular complexity index is 1370. The second kappa shape index (κ2) is 8.87. The molecule has 2 aromatic carbocycles. The summed E-state index contributed by atoms with van der Waals surface area (Å²) < 4.78 is 7.29. The number of anilines is 3. The number of carbonyl (C=O) groups excluding carboxylic acids is 1. The highest BCUT2D eigenvalue weighted by Gasteiger charge is 2.52. The molecule has 2 heterocycles. The Hall–Kier alpha value is -4.20. The average Bonchev–Trinajstić information content (AvgIpc) is 3.65. The number of para-hydroxylation sites is 1. The van der Waals surface area contributed by atoms with Crippen molar-refractivity contribution in [3.05, 3.63) is 83.2 Å². The van der Waals surface area contributed by atoms with Crippen LogP contribution in [0.4, 0.5) is 17.2 Å².